The fraction of sp³-hybridized carbons (Fsp3) is 0.188. The Labute approximate surface area is 115 Å². The topological polar surface area (TPSA) is 46.3 Å². The first-order valence-corrected chi connectivity index (χ1v) is 6.48. The predicted molar refractivity (Wildman–Crippen MR) is 73.7 cm³/mol. The van der Waals surface area contributed by atoms with Crippen molar-refractivity contribution in [1.82, 2.24) is 4.98 Å². The van der Waals surface area contributed by atoms with Crippen LogP contribution in [0.25, 0.3) is 11.0 Å². The molecule has 0 aliphatic rings. The second-order valence-corrected chi connectivity index (χ2v) is 4.75. The summed E-state index contributed by atoms with van der Waals surface area (Å²) >= 11 is 0. The Morgan fingerprint density at radius 3 is 2.95 bits per heavy atom. The SMILES string of the molecule is OC(CCc1cccnc1)c1cc2cc(F)ccc2o1. The molecule has 2 heterocycles. The normalized spacial score (nSPS) is 12.7. The number of nitrogens with zero attached hydrogens (tertiary/aromatic N) is 1. The smallest absolute Gasteiger partial charge is 0.134 e. The van der Waals surface area contributed by atoms with Crippen LogP contribution in [0, 0.1) is 5.82 Å². The van der Waals surface area contributed by atoms with E-state index in [2.05, 4.69) is 4.98 Å². The van der Waals surface area contributed by atoms with Gasteiger partial charge in [0.25, 0.3) is 0 Å². The van der Waals surface area contributed by atoms with E-state index in [1.54, 1.807) is 24.5 Å². The number of fused-ring (bicyclic) bond motifs is 1. The van der Waals surface area contributed by atoms with Crippen molar-refractivity contribution in [3.63, 3.8) is 0 Å². The first kappa shape index (κ1) is 12.8. The summed E-state index contributed by atoms with van der Waals surface area (Å²) in [4.78, 5) is 4.03. The summed E-state index contributed by atoms with van der Waals surface area (Å²) in [5.41, 5.74) is 1.65. The summed E-state index contributed by atoms with van der Waals surface area (Å²) in [7, 11) is 0. The summed E-state index contributed by atoms with van der Waals surface area (Å²) in [6.45, 7) is 0. The molecular formula is C16H14FNO2. The van der Waals surface area contributed by atoms with Crippen LogP contribution in [0.5, 0.6) is 0 Å². The second kappa shape index (κ2) is 5.43. The Bertz CT molecular complexity index is 709. The Kier molecular flexibility index (Phi) is 3.48. The average molecular weight is 271 g/mol. The number of aliphatic hydroxyl groups excluding tert-OH is 1. The van der Waals surface area contributed by atoms with E-state index in [0.29, 0.717) is 29.6 Å². The Balaban J connectivity index is 1.73. The number of aryl methyl sites for hydroxylation is 1. The maximum Gasteiger partial charge on any atom is 0.134 e. The highest BCUT2D eigenvalue weighted by molar-refractivity contribution is 5.77. The van der Waals surface area contributed by atoms with E-state index in [-0.39, 0.29) is 5.82 Å². The molecular weight excluding hydrogens is 257 g/mol. The van der Waals surface area contributed by atoms with Crippen molar-refractivity contribution in [1.29, 1.82) is 0 Å². The van der Waals surface area contributed by atoms with Crippen LogP contribution in [0.4, 0.5) is 4.39 Å². The van der Waals surface area contributed by atoms with E-state index in [1.165, 1.54) is 12.1 Å². The Morgan fingerprint density at radius 1 is 1.25 bits per heavy atom. The zero-order chi connectivity index (χ0) is 13.9. The van der Waals surface area contributed by atoms with Crippen LogP contribution in [0.2, 0.25) is 0 Å². The second-order valence-electron chi connectivity index (χ2n) is 4.75. The minimum atomic E-state index is -0.703. The van der Waals surface area contributed by atoms with Gasteiger partial charge in [0.15, 0.2) is 0 Å². The van der Waals surface area contributed by atoms with Crippen molar-refractivity contribution in [3.05, 3.63) is 65.9 Å². The number of halogens is 1. The molecule has 1 atom stereocenters. The largest absolute Gasteiger partial charge is 0.458 e. The zero-order valence-corrected chi connectivity index (χ0v) is 10.8. The molecule has 0 radical (unpaired) electrons. The molecule has 3 rings (SSSR count). The van der Waals surface area contributed by atoms with E-state index in [1.807, 2.05) is 12.1 Å². The van der Waals surface area contributed by atoms with Crippen LogP contribution < -0.4 is 0 Å². The molecule has 0 saturated carbocycles. The molecule has 102 valence electrons. The van der Waals surface area contributed by atoms with Crippen molar-refractivity contribution >= 4 is 11.0 Å². The van der Waals surface area contributed by atoms with Crippen LogP contribution in [0.3, 0.4) is 0 Å². The zero-order valence-electron chi connectivity index (χ0n) is 10.8. The molecule has 0 aliphatic heterocycles. The summed E-state index contributed by atoms with van der Waals surface area (Å²) in [6.07, 6.45) is 4.04. The fourth-order valence-corrected chi connectivity index (χ4v) is 2.19. The molecule has 3 aromatic rings. The van der Waals surface area contributed by atoms with Gasteiger partial charge in [0.2, 0.25) is 0 Å². The molecule has 0 spiro atoms. The van der Waals surface area contributed by atoms with Gasteiger partial charge < -0.3 is 9.52 Å². The molecule has 0 bridgehead atoms. The molecule has 2 aromatic heterocycles. The lowest BCUT2D eigenvalue weighted by molar-refractivity contribution is 0.143. The number of benzene rings is 1. The van der Waals surface area contributed by atoms with Crippen LogP contribution in [0.1, 0.15) is 23.8 Å². The number of furan rings is 1. The van der Waals surface area contributed by atoms with E-state index < -0.39 is 6.10 Å². The summed E-state index contributed by atoms with van der Waals surface area (Å²) in [5, 5.41) is 10.8. The van der Waals surface area contributed by atoms with Gasteiger partial charge in [-0.25, -0.2) is 4.39 Å². The van der Waals surface area contributed by atoms with Gasteiger partial charge in [0.05, 0.1) is 0 Å². The quantitative estimate of drug-likeness (QED) is 0.788. The highest BCUT2D eigenvalue weighted by Gasteiger charge is 2.13. The molecule has 20 heavy (non-hydrogen) atoms. The predicted octanol–water partition coefficient (Wildman–Crippen LogP) is 3.63. The van der Waals surface area contributed by atoms with Gasteiger partial charge in [0.1, 0.15) is 23.3 Å². The van der Waals surface area contributed by atoms with E-state index in [9.17, 15) is 9.50 Å². The minimum absolute atomic E-state index is 0.310. The number of aliphatic hydroxyl groups is 1. The number of aromatic nitrogens is 1. The van der Waals surface area contributed by atoms with Gasteiger partial charge in [0, 0.05) is 17.8 Å². The van der Waals surface area contributed by atoms with E-state index in [4.69, 9.17) is 4.42 Å². The molecule has 1 aromatic carbocycles. The maximum absolute atomic E-state index is 13.1. The maximum atomic E-state index is 13.1. The standard InChI is InChI=1S/C16H14FNO2/c17-13-4-6-15-12(8-13)9-16(20-15)14(19)5-3-11-2-1-7-18-10-11/h1-2,4,6-10,14,19H,3,5H2. The lowest BCUT2D eigenvalue weighted by atomic mass is 10.1. The fourth-order valence-electron chi connectivity index (χ4n) is 2.19. The number of hydrogen-bond acceptors (Lipinski definition) is 3. The summed E-state index contributed by atoms with van der Waals surface area (Å²) < 4.78 is 18.6. The van der Waals surface area contributed by atoms with Gasteiger partial charge in [-0.1, -0.05) is 6.07 Å². The summed E-state index contributed by atoms with van der Waals surface area (Å²) in [6, 6.07) is 9.83. The molecule has 1 unspecified atom stereocenters. The van der Waals surface area contributed by atoms with Crippen LogP contribution >= 0.6 is 0 Å². The van der Waals surface area contributed by atoms with Gasteiger partial charge in [-0.15, -0.1) is 0 Å². The molecule has 4 heteroatoms. The van der Waals surface area contributed by atoms with Crippen molar-refractivity contribution in [2.45, 2.75) is 18.9 Å². The van der Waals surface area contributed by atoms with Crippen LogP contribution in [-0.4, -0.2) is 10.1 Å². The monoisotopic (exact) mass is 271 g/mol. The van der Waals surface area contributed by atoms with Crippen molar-refractivity contribution < 1.29 is 13.9 Å². The average Bonchev–Trinajstić information content (AvgIpc) is 2.89. The van der Waals surface area contributed by atoms with Gasteiger partial charge in [-0.05, 0) is 48.7 Å². The molecule has 3 nitrogen and oxygen atoms in total. The summed E-state index contributed by atoms with van der Waals surface area (Å²) in [5.74, 6) is 0.157. The van der Waals surface area contributed by atoms with Crippen molar-refractivity contribution in [2.24, 2.45) is 0 Å². The molecule has 1 N–H and O–H groups in total. The molecule has 0 aliphatic carbocycles. The third-order valence-corrected chi connectivity index (χ3v) is 3.26. The van der Waals surface area contributed by atoms with Crippen molar-refractivity contribution in [3.8, 4) is 0 Å². The first-order chi connectivity index (χ1) is 9.72. The lowest BCUT2D eigenvalue weighted by Gasteiger charge is -2.06. The Hall–Kier alpha value is -2.20. The highest BCUT2D eigenvalue weighted by atomic mass is 19.1. The van der Waals surface area contributed by atoms with Gasteiger partial charge in [-0.2, -0.15) is 0 Å². The lowest BCUT2D eigenvalue weighted by Crippen LogP contribution is -1.98. The van der Waals surface area contributed by atoms with E-state index >= 15 is 0 Å². The van der Waals surface area contributed by atoms with Crippen LogP contribution in [-0.2, 0) is 6.42 Å². The number of rotatable bonds is 4. The highest BCUT2D eigenvalue weighted by Crippen LogP contribution is 2.27. The van der Waals surface area contributed by atoms with E-state index in [0.717, 1.165) is 5.56 Å². The van der Waals surface area contributed by atoms with Gasteiger partial charge >= 0.3 is 0 Å². The van der Waals surface area contributed by atoms with Crippen LogP contribution in [0.15, 0.2) is 53.2 Å². The molecule has 0 saturated heterocycles. The van der Waals surface area contributed by atoms with Crippen molar-refractivity contribution in [2.75, 3.05) is 0 Å². The third-order valence-electron chi connectivity index (χ3n) is 3.26. The molecule has 0 amide bonds. The third kappa shape index (κ3) is 2.70. The number of hydrogen-bond donors (Lipinski definition) is 1. The Morgan fingerprint density at radius 2 is 2.15 bits per heavy atom. The molecule has 0 fully saturated rings. The first-order valence-electron chi connectivity index (χ1n) is 6.48. The number of pyridine rings is 1. The minimum Gasteiger partial charge on any atom is -0.458 e. The van der Waals surface area contributed by atoms with Gasteiger partial charge in [-0.3, -0.25) is 4.98 Å².